The lowest BCUT2D eigenvalue weighted by atomic mass is 10.1. The number of imidazole rings is 1. The van der Waals surface area contributed by atoms with Crippen LogP contribution < -0.4 is 10.1 Å². The highest BCUT2D eigenvalue weighted by atomic mass is 35.5. The van der Waals surface area contributed by atoms with E-state index in [-0.39, 0.29) is 34.9 Å². The number of nitrogens with zero attached hydrogens (tertiary/aromatic N) is 4. The number of benzene rings is 1. The molecule has 1 aromatic carbocycles. The molecule has 1 saturated heterocycles. The molecule has 11 nitrogen and oxygen atoms in total. The number of nitrogens with one attached hydrogen (secondary N) is 1. The van der Waals surface area contributed by atoms with Gasteiger partial charge in [0.05, 0.1) is 17.5 Å². The molecule has 1 aliphatic rings. The van der Waals surface area contributed by atoms with Gasteiger partial charge in [0.1, 0.15) is 18.1 Å². The molecule has 2 N–H and O–H groups in total. The second-order valence-electron chi connectivity index (χ2n) is 8.15. The van der Waals surface area contributed by atoms with Crippen molar-refractivity contribution >= 4 is 54.5 Å². The Balaban J connectivity index is 1.76. The molecule has 4 rings (SSSR count). The maximum Gasteiger partial charge on any atom is 0.695 e. The molecule has 0 radical (unpaired) electrons. The fourth-order valence-electron chi connectivity index (χ4n) is 3.60. The molecule has 1 unspecified atom stereocenters. The van der Waals surface area contributed by atoms with Crippen LogP contribution in [0.5, 0.6) is 11.6 Å². The molecule has 14 heteroatoms. The number of halogens is 2. The van der Waals surface area contributed by atoms with Gasteiger partial charge in [0.2, 0.25) is 11.9 Å². The zero-order valence-corrected chi connectivity index (χ0v) is 21.4. The lowest BCUT2D eigenvalue weighted by molar-refractivity contribution is -0.118. The normalized spacial score (nSPS) is 20.4. The number of rotatable bonds is 8. The first-order valence-electron chi connectivity index (χ1n) is 10.8. The number of fused-ring (bicyclic) bond motifs is 1. The molecule has 1 amide bonds. The van der Waals surface area contributed by atoms with Crippen LogP contribution in [0.1, 0.15) is 39.8 Å². The zero-order valence-electron chi connectivity index (χ0n) is 19.0. The smallest absolute Gasteiger partial charge is 0.435 e. The summed E-state index contributed by atoms with van der Waals surface area (Å²) in [4.78, 5) is 34.8. The molecule has 0 aliphatic carbocycles. The van der Waals surface area contributed by atoms with Crippen molar-refractivity contribution in [2.24, 2.45) is 5.92 Å². The minimum Gasteiger partial charge on any atom is -0.435 e. The van der Waals surface area contributed by atoms with E-state index in [0.717, 1.165) is 0 Å². The summed E-state index contributed by atoms with van der Waals surface area (Å²) >= 11 is 12.3. The summed E-state index contributed by atoms with van der Waals surface area (Å²) < 4.78 is 30.0. The van der Waals surface area contributed by atoms with Crippen LogP contribution in [0.15, 0.2) is 24.5 Å². The van der Waals surface area contributed by atoms with E-state index in [2.05, 4.69) is 20.3 Å². The van der Waals surface area contributed by atoms with Gasteiger partial charge in [0.15, 0.2) is 11.2 Å². The SMILES string of the molecule is CC[C@H]1O[C@@H](n2cnc3c(Oc4cc(Cl)ccc4Cl)nc(NC(=O)C(C)C)nc32)C[C@H]1O[P+](=O)O. The number of hydrogen-bond donors (Lipinski definition) is 2. The highest BCUT2D eigenvalue weighted by Gasteiger charge is 2.42. The van der Waals surface area contributed by atoms with Gasteiger partial charge in [0.25, 0.3) is 5.88 Å². The van der Waals surface area contributed by atoms with Crippen LogP contribution in [0, 0.1) is 5.92 Å². The Morgan fingerprint density at radius 3 is 2.83 bits per heavy atom. The van der Waals surface area contributed by atoms with E-state index in [9.17, 15) is 14.3 Å². The molecule has 186 valence electrons. The first-order valence-corrected chi connectivity index (χ1v) is 12.7. The molecule has 0 saturated carbocycles. The molecule has 1 aliphatic heterocycles. The zero-order chi connectivity index (χ0) is 25.3. The van der Waals surface area contributed by atoms with E-state index in [1.807, 2.05) is 6.92 Å². The fraction of sp³-hybridized carbons (Fsp3) is 0.429. The third-order valence-corrected chi connectivity index (χ3v) is 6.37. The van der Waals surface area contributed by atoms with Crippen molar-refractivity contribution in [1.29, 1.82) is 0 Å². The van der Waals surface area contributed by atoms with Gasteiger partial charge in [0, 0.05) is 28.0 Å². The molecule has 3 heterocycles. The predicted molar refractivity (Wildman–Crippen MR) is 129 cm³/mol. The number of carbonyl (C=O) groups is 1. The summed E-state index contributed by atoms with van der Waals surface area (Å²) in [5, 5.41) is 3.38. The highest BCUT2D eigenvalue weighted by Crippen LogP contribution is 2.39. The number of amides is 1. The van der Waals surface area contributed by atoms with Crippen LogP contribution in [0.25, 0.3) is 11.2 Å². The summed E-state index contributed by atoms with van der Waals surface area (Å²) in [6.07, 6.45) is 0.795. The average molecular weight is 543 g/mol. The van der Waals surface area contributed by atoms with Crippen molar-refractivity contribution in [1.82, 2.24) is 19.5 Å². The summed E-state index contributed by atoms with van der Waals surface area (Å²) in [6, 6.07) is 4.74. The number of carbonyl (C=O) groups excluding carboxylic acids is 1. The molecule has 1 fully saturated rings. The van der Waals surface area contributed by atoms with Gasteiger partial charge in [-0.25, -0.2) is 4.98 Å². The molecule has 35 heavy (non-hydrogen) atoms. The fourth-order valence-corrected chi connectivity index (χ4v) is 4.37. The summed E-state index contributed by atoms with van der Waals surface area (Å²) in [7, 11) is -2.79. The van der Waals surface area contributed by atoms with Crippen LogP contribution in [-0.4, -0.2) is 42.5 Å². The summed E-state index contributed by atoms with van der Waals surface area (Å²) in [6.45, 7) is 5.37. The Labute approximate surface area is 211 Å². The summed E-state index contributed by atoms with van der Waals surface area (Å²) in [5.74, 6) is -0.299. The second-order valence-corrected chi connectivity index (χ2v) is 9.68. The number of hydrogen-bond acceptors (Lipinski definition) is 8. The van der Waals surface area contributed by atoms with Crippen molar-refractivity contribution in [3.63, 3.8) is 0 Å². The lowest BCUT2D eigenvalue weighted by Crippen LogP contribution is -2.21. The highest BCUT2D eigenvalue weighted by molar-refractivity contribution is 7.32. The molecular weight excluding hydrogens is 520 g/mol. The summed E-state index contributed by atoms with van der Waals surface area (Å²) in [5.41, 5.74) is 0.610. The van der Waals surface area contributed by atoms with Gasteiger partial charge < -0.3 is 9.47 Å². The van der Waals surface area contributed by atoms with Crippen LogP contribution in [0.3, 0.4) is 0 Å². The van der Waals surface area contributed by atoms with E-state index in [1.165, 1.54) is 12.4 Å². The largest absolute Gasteiger partial charge is 0.695 e. The molecular formula is C21H23Cl2N5O6P+. The molecule has 3 aromatic rings. The van der Waals surface area contributed by atoms with Gasteiger partial charge >= 0.3 is 8.25 Å². The van der Waals surface area contributed by atoms with Gasteiger partial charge in [-0.15, -0.1) is 9.42 Å². The quantitative estimate of drug-likeness (QED) is 0.365. The van der Waals surface area contributed by atoms with E-state index in [0.29, 0.717) is 28.5 Å². The Hall–Kier alpha value is -2.40. The number of aromatic nitrogens is 4. The van der Waals surface area contributed by atoms with Crippen molar-refractivity contribution in [3.8, 4) is 11.6 Å². The van der Waals surface area contributed by atoms with Crippen molar-refractivity contribution in [2.75, 3.05) is 5.32 Å². The monoisotopic (exact) mass is 542 g/mol. The Morgan fingerprint density at radius 2 is 2.14 bits per heavy atom. The third-order valence-electron chi connectivity index (χ3n) is 5.37. The van der Waals surface area contributed by atoms with Gasteiger partial charge in [-0.2, -0.15) is 9.97 Å². The van der Waals surface area contributed by atoms with Gasteiger partial charge in [-0.05, 0) is 18.6 Å². The Morgan fingerprint density at radius 1 is 1.37 bits per heavy atom. The maximum atomic E-state index is 12.3. The minimum atomic E-state index is -2.79. The topological polar surface area (TPSA) is 138 Å². The number of anilines is 1. The average Bonchev–Trinajstić information content (AvgIpc) is 3.39. The van der Waals surface area contributed by atoms with Crippen molar-refractivity contribution in [3.05, 3.63) is 34.6 Å². The van der Waals surface area contributed by atoms with Crippen LogP contribution in [0.4, 0.5) is 5.95 Å². The van der Waals surface area contributed by atoms with Crippen LogP contribution in [-0.2, 0) is 18.6 Å². The van der Waals surface area contributed by atoms with Gasteiger partial charge in [-0.3, -0.25) is 14.7 Å². The molecule has 2 aromatic heterocycles. The number of ether oxygens (including phenoxy) is 2. The van der Waals surface area contributed by atoms with Crippen molar-refractivity contribution < 1.29 is 28.3 Å². The Bertz CT molecular complexity index is 1270. The van der Waals surface area contributed by atoms with Gasteiger partial charge in [-0.1, -0.05) is 44.0 Å². The van der Waals surface area contributed by atoms with E-state index in [4.69, 9.17) is 37.2 Å². The standard InChI is InChI=1S/C21H22Cl2N5O6P/c1-4-13-15(34-35(30)31)8-16(32-13)28-9-24-17-18(28)25-21(26-19(29)10(2)3)27-20(17)33-14-7-11(22)5-6-12(14)23/h5-7,9-10,13,15-16H,4,8H2,1-3H3,(H-,25,26,27,29,30,31)/p+1/t13-,15-,16-/m1/s1. The first-order chi connectivity index (χ1) is 16.7. The predicted octanol–water partition coefficient (Wildman–Crippen LogP) is 5.25. The lowest BCUT2D eigenvalue weighted by Gasteiger charge is -2.15. The molecule has 0 bridgehead atoms. The third kappa shape index (κ3) is 5.72. The Kier molecular flexibility index (Phi) is 7.85. The van der Waals surface area contributed by atoms with E-state index in [1.54, 1.807) is 30.5 Å². The van der Waals surface area contributed by atoms with E-state index >= 15 is 0 Å². The van der Waals surface area contributed by atoms with Crippen LogP contribution >= 0.6 is 31.5 Å². The molecule has 0 spiro atoms. The van der Waals surface area contributed by atoms with Crippen molar-refractivity contribution in [2.45, 2.75) is 52.0 Å². The first kappa shape index (κ1) is 25.7. The maximum absolute atomic E-state index is 12.3. The minimum absolute atomic E-state index is 0.00220. The molecule has 4 atom stereocenters. The van der Waals surface area contributed by atoms with Crippen LogP contribution in [0.2, 0.25) is 10.0 Å². The van der Waals surface area contributed by atoms with E-state index < -0.39 is 26.7 Å². The second kappa shape index (κ2) is 10.7.